The molecule has 0 radical (unpaired) electrons. The number of anilines is 1. The van der Waals surface area contributed by atoms with E-state index in [4.69, 9.17) is 10.5 Å². The van der Waals surface area contributed by atoms with Crippen LogP contribution in [0.4, 0.5) is 18.9 Å². The second kappa shape index (κ2) is 5.40. The minimum absolute atomic E-state index is 0.0167. The van der Waals surface area contributed by atoms with Crippen LogP contribution in [0.25, 0.3) is 11.1 Å². The molecule has 0 spiro atoms. The van der Waals surface area contributed by atoms with Gasteiger partial charge in [0.15, 0.2) is 6.61 Å². The summed E-state index contributed by atoms with van der Waals surface area (Å²) in [5.41, 5.74) is 8.10. The lowest BCUT2D eigenvalue weighted by Crippen LogP contribution is -2.19. The van der Waals surface area contributed by atoms with E-state index in [1.807, 2.05) is 13.0 Å². The minimum atomic E-state index is -4.40. The number of rotatable bonds is 3. The second-order valence-corrected chi connectivity index (χ2v) is 4.29. The Morgan fingerprint density at radius 1 is 1.25 bits per heavy atom. The van der Waals surface area contributed by atoms with E-state index in [2.05, 4.69) is 4.98 Å². The summed E-state index contributed by atoms with van der Waals surface area (Å²) in [6, 6.07) is 8.33. The summed E-state index contributed by atoms with van der Waals surface area (Å²) in [4.78, 5) is 4.14. The van der Waals surface area contributed by atoms with Crippen LogP contribution in [-0.4, -0.2) is 17.8 Å². The first kappa shape index (κ1) is 14.2. The Kier molecular flexibility index (Phi) is 3.83. The zero-order valence-electron chi connectivity index (χ0n) is 10.7. The van der Waals surface area contributed by atoms with Crippen molar-refractivity contribution >= 4 is 5.69 Å². The molecule has 106 valence electrons. The van der Waals surface area contributed by atoms with E-state index in [0.717, 1.165) is 11.3 Å². The first-order valence-corrected chi connectivity index (χ1v) is 5.88. The largest absolute Gasteiger partial charge is 0.482 e. The van der Waals surface area contributed by atoms with Gasteiger partial charge in [-0.2, -0.15) is 13.2 Å². The second-order valence-electron chi connectivity index (χ2n) is 4.29. The highest BCUT2D eigenvalue weighted by molar-refractivity contribution is 5.71. The Morgan fingerprint density at radius 3 is 2.65 bits per heavy atom. The van der Waals surface area contributed by atoms with Gasteiger partial charge in [-0.1, -0.05) is 12.1 Å². The number of hydrogen-bond donors (Lipinski definition) is 1. The molecular formula is C14H13F3N2O. The van der Waals surface area contributed by atoms with Crippen LogP contribution in [-0.2, 0) is 0 Å². The smallest absolute Gasteiger partial charge is 0.422 e. The maximum Gasteiger partial charge on any atom is 0.422 e. The fourth-order valence-corrected chi connectivity index (χ4v) is 1.78. The van der Waals surface area contributed by atoms with Crippen molar-refractivity contribution in [2.75, 3.05) is 12.3 Å². The number of nitrogens with zero attached hydrogens (tertiary/aromatic N) is 1. The molecule has 0 aliphatic heterocycles. The van der Waals surface area contributed by atoms with Crippen LogP contribution in [0.15, 0.2) is 36.5 Å². The van der Waals surface area contributed by atoms with Crippen LogP contribution in [0.1, 0.15) is 5.69 Å². The number of alkyl halides is 3. The number of hydrogen-bond acceptors (Lipinski definition) is 3. The molecule has 2 rings (SSSR count). The number of nitrogen functional groups attached to an aromatic ring is 1. The average Bonchev–Trinajstić information content (AvgIpc) is 2.38. The van der Waals surface area contributed by atoms with Gasteiger partial charge in [-0.25, -0.2) is 0 Å². The molecule has 1 aromatic carbocycles. The Labute approximate surface area is 114 Å². The predicted octanol–water partition coefficient (Wildman–Crippen LogP) is 3.58. The zero-order valence-corrected chi connectivity index (χ0v) is 10.7. The summed E-state index contributed by atoms with van der Waals surface area (Å²) in [7, 11) is 0. The van der Waals surface area contributed by atoms with Crippen molar-refractivity contribution in [2.45, 2.75) is 13.1 Å². The van der Waals surface area contributed by atoms with Gasteiger partial charge < -0.3 is 10.5 Å². The summed E-state index contributed by atoms with van der Waals surface area (Å²) >= 11 is 0. The molecule has 0 unspecified atom stereocenters. The average molecular weight is 282 g/mol. The van der Waals surface area contributed by atoms with E-state index in [1.54, 1.807) is 18.3 Å². The monoisotopic (exact) mass is 282 g/mol. The van der Waals surface area contributed by atoms with E-state index in [9.17, 15) is 13.2 Å². The Hall–Kier alpha value is -2.24. The maximum absolute atomic E-state index is 12.2. The van der Waals surface area contributed by atoms with Crippen LogP contribution >= 0.6 is 0 Å². The first-order valence-electron chi connectivity index (χ1n) is 5.88. The van der Waals surface area contributed by atoms with Gasteiger partial charge in [0.1, 0.15) is 5.75 Å². The Balaban J connectivity index is 2.32. The lowest BCUT2D eigenvalue weighted by Gasteiger charge is -2.13. The molecule has 0 fully saturated rings. The number of ether oxygens (including phenoxy) is 1. The first-order chi connectivity index (χ1) is 9.37. The molecule has 0 saturated heterocycles. The number of aryl methyl sites for hydroxylation is 1. The lowest BCUT2D eigenvalue weighted by atomic mass is 10.0. The summed E-state index contributed by atoms with van der Waals surface area (Å²) in [5.74, 6) is 0.0167. The van der Waals surface area contributed by atoms with Crippen molar-refractivity contribution in [3.8, 4) is 16.9 Å². The molecule has 20 heavy (non-hydrogen) atoms. The van der Waals surface area contributed by atoms with Gasteiger partial charge in [0, 0.05) is 17.5 Å². The van der Waals surface area contributed by atoms with Crippen molar-refractivity contribution < 1.29 is 17.9 Å². The molecule has 3 nitrogen and oxygen atoms in total. The summed E-state index contributed by atoms with van der Waals surface area (Å²) in [6.45, 7) is 0.453. The van der Waals surface area contributed by atoms with Crippen molar-refractivity contribution in [1.82, 2.24) is 4.98 Å². The number of benzene rings is 1. The molecule has 6 heteroatoms. The van der Waals surface area contributed by atoms with Crippen LogP contribution in [0.3, 0.4) is 0 Å². The topological polar surface area (TPSA) is 48.1 Å². The third-order valence-corrected chi connectivity index (χ3v) is 2.72. The molecule has 0 aliphatic carbocycles. The highest BCUT2D eigenvalue weighted by Gasteiger charge is 2.28. The molecule has 0 saturated carbocycles. The van der Waals surface area contributed by atoms with Crippen molar-refractivity contribution in [3.05, 3.63) is 42.2 Å². The Morgan fingerprint density at radius 2 is 2.00 bits per heavy atom. The van der Waals surface area contributed by atoms with Crippen LogP contribution in [0.2, 0.25) is 0 Å². The van der Waals surface area contributed by atoms with E-state index >= 15 is 0 Å². The SMILES string of the molecule is Cc1ncccc1-c1ccc(N)c(OCC(F)(F)F)c1. The van der Waals surface area contributed by atoms with E-state index in [1.165, 1.54) is 12.1 Å². The molecule has 0 bridgehead atoms. The maximum atomic E-state index is 12.2. The fraction of sp³-hybridized carbons (Fsp3) is 0.214. The number of pyridine rings is 1. The van der Waals surface area contributed by atoms with Gasteiger partial charge in [-0.3, -0.25) is 4.98 Å². The molecule has 0 atom stereocenters. The van der Waals surface area contributed by atoms with Crippen LogP contribution in [0.5, 0.6) is 5.75 Å². The highest BCUT2D eigenvalue weighted by atomic mass is 19.4. The van der Waals surface area contributed by atoms with Crippen LogP contribution < -0.4 is 10.5 Å². The number of nitrogens with two attached hydrogens (primary N) is 1. The molecule has 2 aromatic rings. The van der Waals surface area contributed by atoms with Crippen molar-refractivity contribution in [2.24, 2.45) is 0 Å². The van der Waals surface area contributed by atoms with Crippen LogP contribution in [0, 0.1) is 6.92 Å². The van der Waals surface area contributed by atoms with E-state index in [-0.39, 0.29) is 11.4 Å². The van der Waals surface area contributed by atoms with Gasteiger partial charge in [-0.05, 0) is 30.7 Å². The predicted molar refractivity (Wildman–Crippen MR) is 70.4 cm³/mol. The zero-order chi connectivity index (χ0) is 14.8. The normalized spacial score (nSPS) is 11.4. The molecule has 0 aliphatic rings. The lowest BCUT2D eigenvalue weighted by molar-refractivity contribution is -0.153. The van der Waals surface area contributed by atoms with Crippen molar-refractivity contribution in [1.29, 1.82) is 0 Å². The summed E-state index contributed by atoms with van der Waals surface area (Å²) in [6.07, 6.45) is -2.75. The Bertz CT molecular complexity index is 612. The fourth-order valence-electron chi connectivity index (χ4n) is 1.78. The van der Waals surface area contributed by atoms with Gasteiger partial charge in [0.25, 0.3) is 0 Å². The standard InChI is InChI=1S/C14H13F3N2O/c1-9-11(3-2-6-19-9)10-4-5-12(18)13(7-10)20-8-14(15,16)17/h2-7H,8,18H2,1H3. The summed E-state index contributed by atoms with van der Waals surface area (Å²) < 4.78 is 41.3. The third-order valence-electron chi connectivity index (χ3n) is 2.72. The van der Waals surface area contributed by atoms with E-state index < -0.39 is 12.8 Å². The van der Waals surface area contributed by atoms with Gasteiger partial charge in [0.05, 0.1) is 5.69 Å². The molecule has 1 heterocycles. The molecular weight excluding hydrogens is 269 g/mol. The van der Waals surface area contributed by atoms with Gasteiger partial charge in [-0.15, -0.1) is 0 Å². The van der Waals surface area contributed by atoms with E-state index in [0.29, 0.717) is 5.56 Å². The third kappa shape index (κ3) is 3.40. The van der Waals surface area contributed by atoms with Crippen molar-refractivity contribution in [3.63, 3.8) is 0 Å². The van der Waals surface area contributed by atoms with Gasteiger partial charge >= 0.3 is 6.18 Å². The molecule has 2 N–H and O–H groups in total. The number of halogens is 3. The molecule has 0 amide bonds. The molecule has 1 aromatic heterocycles. The minimum Gasteiger partial charge on any atom is -0.482 e. The van der Waals surface area contributed by atoms with Gasteiger partial charge in [0.2, 0.25) is 0 Å². The number of aromatic nitrogens is 1. The summed E-state index contributed by atoms with van der Waals surface area (Å²) in [5, 5.41) is 0. The quantitative estimate of drug-likeness (QED) is 0.875. The highest BCUT2D eigenvalue weighted by Crippen LogP contribution is 2.31.